The van der Waals surface area contributed by atoms with Crippen LogP contribution in [0, 0.1) is 6.92 Å². The molecule has 0 spiro atoms. The number of ether oxygens (including phenoxy) is 1. The van der Waals surface area contributed by atoms with Gasteiger partial charge < -0.3 is 4.74 Å². The van der Waals surface area contributed by atoms with Gasteiger partial charge in [0.25, 0.3) is 0 Å². The van der Waals surface area contributed by atoms with Gasteiger partial charge in [0.1, 0.15) is 16.6 Å². The zero-order valence-electron chi connectivity index (χ0n) is 24.3. The number of hydrogen-bond acceptors (Lipinski definition) is 7. The molecule has 0 saturated heterocycles. The molecule has 0 saturated carbocycles. The Morgan fingerprint density at radius 3 is 2.45 bits per heavy atom. The van der Waals surface area contributed by atoms with E-state index in [4.69, 9.17) is 26.3 Å². The van der Waals surface area contributed by atoms with Crippen LogP contribution in [0.1, 0.15) is 44.9 Å². The van der Waals surface area contributed by atoms with Crippen molar-refractivity contribution in [2.75, 3.05) is 0 Å². The van der Waals surface area contributed by atoms with Gasteiger partial charge in [-0.15, -0.1) is 11.3 Å². The number of halogens is 1. The molecule has 0 aliphatic heterocycles. The second-order valence-corrected chi connectivity index (χ2v) is 12.8. The highest BCUT2D eigenvalue weighted by Crippen LogP contribution is 2.44. The van der Waals surface area contributed by atoms with E-state index in [0.717, 1.165) is 65.5 Å². The Hall–Kier alpha value is -3.98. The van der Waals surface area contributed by atoms with Crippen molar-refractivity contribution < 1.29 is 9.53 Å². The molecule has 0 unspecified atom stereocenters. The highest BCUT2D eigenvalue weighted by atomic mass is 35.5. The quantitative estimate of drug-likeness (QED) is 0.192. The van der Waals surface area contributed by atoms with Gasteiger partial charge in [0, 0.05) is 35.0 Å². The third kappa shape index (κ3) is 5.33. The maximum Gasteiger partial charge on any atom is 0.163 e. The van der Waals surface area contributed by atoms with Gasteiger partial charge in [-0.2, -0.15) is 5.10 Å². The second kappa shape index (κ2) is 10.7. The van der Waals surface area contributed by atoms with Gasteiger partial charge in [-0.1, -0.05) is 23.7 Å². The van der Waals surface area contributed by atoms with Crippen molar-refractivity contribution in [2.24, 2.45) is 7.05 Å². The highest BCUT2D eigenvalue weighted by molar-refractivity contribution is 7.22. The molecule has 0 amide bonds. The molecule has 0 N–H and O–H groups in total. The van der Waals surface area contributed by atoms with E-state index in [1.807, 2.05) is 89.3 Å². The van der Waals surface area contributed by atoms with Crippen molar-refractivity contribution in [3.8, 4) is 33.1 Å². The lowest BCUT2D eigenvalue weighted by Gasteiger charge is -2.29. The number of carbonyl (C=O) groups is 1. The number of benzene rings is 2. The summed E-state index contributed by atoms with van der Waals surface area (Å²) in [6, 6.07) is 17.7. The number of nitrogens with zero attached hydrogens (tertiary/aromatic N) is 5. The Kier molecular flexibility index (Phi) is 7.17. The van der Waals surface area contributed by atoms with Crippen molar-refractivity contribution in [3.05, 3.63) is 83.1 Å². The monoisotopic (exact) mass is 595 g/mol. The molecule has 6 rings (SSSR count). The van der Waals surface area contributed by atoms with Crippen LogP contribution in [0.15, 0.2) is 67.0 Å². The fourth-order valence-corrected chi connectivity index (χ4v) is 6.41. The minimum atomic E-state index is -0.730. The number of fused-ring (bicyclic) bond motifs is 2. The van der Waals surface area contributed by atoms with Crippen molar-refractivity contribution in [3.63, 3.8) is 0 Å². The molecule has 1 atom stereocenters. The van der Waals surface area contributed by atoms with E-state index in [9.17, 15) is 4.79 Å². The van der Waals surface area contributed by atoms with Crippen LogP contribution < -0.4 is 0 Å². The van der Waals surface area contributed by atoms with E-state index < -0.39 is 11.7 Å². The Morgan fingerprint density at radius 1 is 0.976 bits per heavy atom. The summed E-state index contributed by atoms with van der Waals surface area (Å²) in [5.74, 6) is -0.0517. The molecule has 0 fully saturated rings. The van der Waals surface area contributed by atoms with Crippen LogP contribution in [0.4, 0.5) is 0 Å². The second-order valence-electron chi connectivity index (χ2n) is 11.4. The zero-order valence-corrected chi connectivity index (χ0v) is 25.8. The number of Topliss-reactive ketones (excluding diaryl/α,β-unsaturated/α-hetero) is 1. The summed E-state index contributed by atoms with van der Waals surface area (Å²) in [7, 11) is 1.90. The number of thiazole rings is 1. The van der Waals surface area contributed by atoms with Crippen LogP contribution >= 0.6 is 22.9 Å². The van der Waals surface area contributed by atoms with Crippen LogP contribution in [0.5, 0.6) is 0 Å². The topological polar surface area (TPSA) is 82.8 Å². The molecular formula is C33H30ClN5O2S. The van der Waals surface area contributed by atoms with E-state index in [1.54, 1.807) is 35.3 Å². The third-order valence-corrected chi connectivity index (χ3v) is 8.43. The average Bonchev–Trinajstić information content (AvgIpc) is 3.54. The van der Waals surface area contributed by atoms with Gasteiger partial charge in [0.2, 0.25) is 0 Å². The molecule has 6 aromatic rings. The predicted molar refractivity (Wildman–Crippen MR) is 170 cm³/mol. The molecule has 2 aromatic carbocycles. The number of pyridine rings is 2. The maximum absolute atomic E-state index is 13.1. The first-order valence-electron chi connectivity index (χ1n) is 13.6. The zero-order chi connectivity index (χ0) is 29.8. The number of carbonyl (C=O) groups excluding carboxylic acids is 1. The fourth-order valence-electron chi connectivity index (χ4n) is 5.16. The molecular weight excluding hydrogens is 566 g/mol. The van der Waals surface area contributed by atoms with Gasteiger partial charge in [-0.3, -0.25) is 14.5 Å². The van der Waals surface area contributed by atoms with Crippen molar-refractivity contribution in [2.45, 2.75) is 46.3 Å². The van der Waals surface area contributed by atoms with Gasteiger partial charge in [0.15, 0.2) is 5.78 Å². The Balaban J connectivity index is 1.53. The van der Waals surface area contributed by atoms with Crippen molar-refractivity contribution in [1.82, 2.24) is 24.7 Å². The third-order valence-electron chi connectivity index (χ3n) is 7.04. The van der Waals surface area contributed by atoms with Crippen molar-refractivity contribution >= 4 is 50.0 Å². The summed E-state index contributed by atoms with van der Waals surface area (Å²) < 4.78 is 9.15. The van der Waals surface area contributed by atoms with Gasteiger partial charge in [-0.25, -0.2) is 9.97 Å². The molecule has 0 aliphatic carbocycles. The summed E-state index contributed by atoms with van der Waals surface area (Å²) in [6.45, 7) is 9.49. The normalized spacial score (nSPS) is 12.7. The number of aryl methyl sites for hydroxylation is 2. The average molecular weight is 596 g/mol. The molecule has 212 valence electrons. The standard InChI is InChI=1S/C33H30ClN5O2S/c1-18-15-25-31(29(20-7-9-22(34)10-8-20)28(18)30(19(2)40)41-33(3,4)5)42-32(38-25)21-13-14-35-24(16-21)23-11-12-27-26(37-23)17-36-39(27)6/h7-17,30H,1-6H3/t30-/m1/s1. The molecule has 0 radical (unpaired) electrons. The van der Waals surface area contributed by atoms with E-state index in [1.165, 1.54) is 0 Å². The molecule has 0 aliphatic rings. The summed E-state index contributed by atoms with van der Waals surface area (Å²) >= 11 is 7.85. The van der Waals surface area contributed by atoms with Crippen LogP contribution in [0.3, 0.4) is 0 Å². The predicted octanol–water partition coefficient (Wildman–Crippen LogP) is 8.38. The number of ketones is 1. The molecule has 42 heavy (non-hydrogen) atoms. The molecule has 4 heterocycles. The Labute approximate surface area is 253 Å². The first-order valence-corrected chi connectivity index (χ1v) is 14.8. The Bertz CT molecular complexity index is 1970. The first-order chi connectivity index (χ1) is 20.0. The summed E-state index contributed by atoms with van der Waals surface area (Å²) in [5, 5.41) is 5.79. The molecule has 4 aromatic heterocycles. The van der Waals surface area contributed by atoms with E-state index in [2.05, 4.69) is 10.1 Å². The lowest BCUT2D eigenvalue weighted by atomic mass is 9.90. The number of hydrogen-bond donors (Lipinski definition) is 0. The lowest BCUT2D eigenvalue weighted by Crippen LogP contribution is -2.27. The van der Waals surface area contributed by atoms with Gasteiger partial charge in [0.05, 0.1) is 38.9 Å². The van der Waals surface area contributed by atoms with Gasteiger partial charge in [-0.05, 0) is 88.2 Å². The van der Waals surface area contributed by atoms with Crippen LogP contribution in [0.2, 0.25) is 5.02 Å². The minimum Gasteiger partial charge on any atom is -0.360 e. The van der Waals surface area contributed by atoms with E-state index >= 15 is 0 Å². The minimum absolute atomic E-state index is 0.0517. The Morgan fingerprint density at radius 2 is 1.74 bits per heavy atom. The fraction of sp³-hybridized carbons (Fsp3) is 0.242. The smallest absolute Gasteiger partial charge is 0.163 e. The van der Waals surface area contributed by atoms with Crippen LogP contribution in [-0.4, -0.2) is 36.1 Å². The van der Waals surface area contributed by atoms with Crippen LogP contribution in [0.25, 0.3) is 54.3 Å². The molecule has 7 nitrogen and oxygen atoms in total. The van der Waals surface area contributed by atoms with Crippen molar-refractivity contribution in [1.29, 1.82) is 0 Å². The lowest BCUT2D eigenvalue weighted by molar-refractivity contribution is -0.138. The summed E-state index contributed by atoms with van der Waals surface area (Å²) in [5.41, 5.74) is 8.25. The van der Waals surface area contributed by atoms with E-state index in [-0.39, 0.29) is 5.78 Å². The summed E-state index contributed by atoms with van der Waals surface area (Å²) in [6.07, 6.45) is 2.81. The molecule has 0 bridgehead atoms. The van der Waals surface area contributed by atoms with Crippen LogP contribution in [-0.2, 0) is 16.6 Å². The number of aromatic nitrogens is 5. The van der Waals surface area contributed by atoms with Gasteiger partial charge >= 0.3 is 0 Å². The first kappa shape index (κ1) is 28.2. The van der Waals surface area contributed by atoms with E-state index in [0.29, 0.717) is 5.02 Å². The largest absolute Gasteiger partial charge is 0.360 e. The number of rotatable bonds is 6. The highest BCUT2D eigenvalue weighted by Gasteiger charge is 2.30. The maximum atomic E-state index is 13.1. The SMILES string of the molecule is CC(=O)[C@@H](OC(C)(C)C)c1c(C)cc2nc(-c3ccnc(-c4ccc5c(cnn5C)n4)c3)sc2c1-c1ccc(Cl)cc1. The summed E-state index contributed by atoms with van der Waals surface area (Å²) in [4.78, 5) is 27.5. The molecule has 9 heteroatoms.